The van der Waals surface area contributed by atoms with E-state index in [4.69, 9.17) is 5.26 Å². The molecule has 1 N–H and O–H groups in total. The topological polar surface area (TPSA) is 48.7 Å². The Morgan fingerprint density at radius 1 is 1.00 bits per heavy atom. The molecule has 0 bridgehead atoms. The van der Waals surface area contributed by atoms with E-state index in [1.54, 1.807) is 30.5 Å². The number of nitrogens with zero attached hydrogens (tertiary/aromatic N) is 2. The average Bonchev–Trinajstić information content (AvgIpc) is 2.55. The Kier molecular flexibility index (Phi) is 3.62. The molecule has 3 aromatic rings. The number of nitriles is 1. The maximum absolute atomic E-state index is 12.6. The van der Waals surface area contributed by atoms with Crippen LogP contribution in [-0.4, -0.2) is 4.98 Å². The van der Waals surface area contributed by atoms with E-state index in [0.717, 1.165) is 12.1 Å². The molecule has 0 saturated heterocycles. The van der Waals surface area contributed by atoms with Crippen LogP contribution in [0, 0.1) is 11.3 Å². The summed E-state index contributed by atoms with van der Waals surface area (Å²) >= 11 is 0. The van der Waals surface area contributed by atoms with Crippen molar-refractivity contribution >= 4 is 22.3 Å². The normalized spacial score (nSPS) is 11.2. The first-order valence-corrected chi connectivity index (χ1v) is 6.71. The molecule has 1 aromatic heterocycles. The molecule has 3 rings (SSSR count). The molecule has 0 unspecified atom stereocenters. The van der Waals surface area contributed by atoms with Gasteiger partial charge in [-0.1, -0.05) is 0 Å². The van der Waals surface area contributed by atoms with Crippen LogP contribution in [0.2, 0.25) is 0 Å². The average molecular weight is 313 g/mol. The van der Waals surface area contributed by atoms with Crippen molar-refractivity contribution in [1.29, 1.82) is 5.26 Å². The Morgan fingerprint density at radius 2 is 1.74 bits per heavy atom. The fourth-order valence-electron chi connectivity index (χ4n) is 2.27. The zero-order chi connectivity index (χ0) is 16.4. The molecule has 1 heterocycles. The summed E-state index contributed by atoms with van der Waals surface area (Å²) in [5, 5.41) is 12.8. The second-order valence-electron chi connectivity index (χ2n) is 4.87. The number of rotatable bonds is 2. The molecule has 6 heteroatoms. The molecule has 114 valence electrons. The van der Waals surface area contributed by atoms with Crippen LogP contribution in [0.15, 0.2) is 54.7 Å². The highest BCUT2D eigenvalue weighted by Crippen LogP contribution is 2.31. The van der Waals surface area contributed by atoms with Crippen molar-refractivity contribution < 1.29 is 13.2 Å². The fourth-order valence-corrected chi connectivity index (χ4v) is 2.27. The summed E-state index contributed by atoms with van der Waals surface area (Å²) < 4.78 is 37.7. The van der Waals surface area contributed by atoms with Gasteiger partial charge in [0.1, 0.15) is 0 Å². The van der Waals surface area contributed by atoms with Crippen LogP contribution in [0.3, 0.4) is 0 Å². The van der Waals surface area contributed by atoms with E-state index in [2.05, 4.69) is 16.4 Å². The van der Waals surface area contributed by atoms with Crippen LogP contribution in [0.25, 0.3) is 10.9 Å². The number of alkyl halides is 3. The van der Waals surface area contributed by atoms with E-state index in [1.165, 1.54) is 12.1 Å². The molecule has 0 fully saturated rings. The monoisotopic (exact) mass is 313 g/mol. The van der Waals surface area contributed by atoms with Crippen molar-refractivity contribution in [2.45, 2.75) is 6.18 Å². The third-order valence-corrected chi connectivity index (χ3v) is 3.38. The Hall–Kier alpha value is -3.07. The molecule has 0 aliphatic heterocycles. The van der Waals surface area contributed by atoms with Gasteiger partial charge in [-0.05, 0) is 48.5 Å². The zero-order valence-corrected chi connectivity index (χ0v) is 11.7. The van der Waals surface area contributed by atoms with E-state index < -0.39 is 11.7 Å². The van der Waals surface area contributed by atoms with Crippen molar-refractivity contribution in [3.63, 3.8) is 0 Å². The number of anilines is 2. The first-order valence-electron chi connectivity index (χ1n) is 6.71. The van der Waals surface area contributed by atoms with Gasteiger partial charge in [0.05, 0.1) is 28.4 Å². The molecule has 23 heavy (non-hydrogen) atoms. The lowest BCUT2D eigenvalue weighted by molar-refractivity contribution is -0.137. The quantitative estimate of drug-likeness (QED) is 0.734. The Balaban J connectivity index is 1.98. The van der Waals surface area contributed by atoms with Gasteiger partial charge in [0.15, 0.2) is 0 Å². The smallest absolute Gasteiger partial charge is 0.354 e. The van der Waals surface area contributed by atoms with E-state index >= 15 is 0 Å². The Bertz CT molecular complexity index is 894. The summed E-state index contributed by atoms with van der Waals surface area (Å²) in [6, 6.07) is 13.7. The third-order valence-electron chi connectivity index (χ3n) is 3.38. The van der Waals surface area contributed by atoms with Crippen LogP contribution in [0.1, 0.15) is 11.1 Å². The van der Waals surface area contributed by atoms with Crippen molar-refractivity contribution in [2.24, 2.45) is 0 Å². The minimum Gasteiger partial charge on any atom is -0.354 e. The number of hydrogen-bond donors (Lipinski definition) is 1. The minimum atomic E-state index is -4.36. The highest BCUT2D eigenvalue weighted by molar-refractivity contribution is 5.95. The number of fused-ring (bicyclic) bond motifs is 1. The number of hydrogen-bond acceptors (Lipinski definition) is 3. The lowest BCUT2D eigenvalue weighted by atomic mass is 10.1. The molecular formula is C17H10F3N3. The molecule has 0 aliphatic rings. The van der Waals surface area contributed by atoms with E-state index in [-0.39, 0.29) is 0 Å². The van der Waals surface area contributed by atoms with Crippen molar-refractivity contribution in [3.05, 3.63) is 65.9 Å². The summed E-state index contributed by atoms with van der Waals surface area (Å²) in [7, 11) is 0. The van der Waals surface area contributed by atoms with Gasteiger partial charge in [0, 0.05) is 17.3 Å². The second-order valence-corrected chi connectivity index (χ2v) is 4.87. The largest absolute Gasteiger partial charge is 0.416 e. The van der Waals surface area contributed by atoms with Crippen LogP contribution >= 0.6 is 0 Å². The molecule has 3 nitrogen and oxygen atoms in total. The van der Waals surface area contributed by atoms with Crippen LogP contribution < -0.4 is 5.32 Å². The molecule has 0 amide bonds. The van der Waals surface area contributed by atoms with Gasteiger partial charge >= 0.3 is 6.18 Å². The molecule has 0 atom stereocenters. The van der Waals surface area contributed by atoms with Gasteiger partial charge in [-0.15, -0.1) is 0 Å². The summed E-state index contributed by atoms with van der Waals surface area (Å²) in [5.41, 5.74) is 1.51. The SMILES string of the molecule is N#Cc1ccc(Nc2ccc(C(F)(F)F)cc2)c2ncccc12. The summed E-state index contributed by atoms with van der Waals surface area (Å²) in [4.78, 5) is 4.25. The van der Waals surface area contributed by atoms with Gasteiger partial charge < -0.3 is 5.32 Å². The summed E-state index contributed by atoms with van der Waals surface area (Å²) in [5.74, 6) is 0. The van der Waals surface area contributed by atoms with Crippen molar-refractivity contribution in [3.8, 4) is 6.07 Å². The van der Waals surface area contributed by atoms with Gasteiger partial charge in [-0.3, -0.25) is 4.98 Å². The molecule has 0 saturated carbocycles. The first-order chi connectivity index (χ1) is 11.0. The van der Waals surface area contributed by atoms with E-state index in [9.17, 15) is 13.2 Å². The third kappa shape index (κ3) is 2.94. The molecular weight excluding hydrogens is 303 g/mol. The van der Waals surface area contributed by atoms with Gasteiger partial charge in [0.25, 0.3) is 0 Å². The predicted molar refractivity (Wildman–Crippen MR) is 81.2 cm³/mol. The summed E-state index contributed by atoms with van der Waals surface area (Å²) in [6.45, 7) is 0. The number of benzene rings is 2. The van der Waals surface area contributed by atoms with Crippen LogP contribution in [0.4, 0.5) is 24.5 Å². The zero-order valence-electron chi connectivity index (χ0n) is 11.7. The lowest BCUT2D eigenvalue weighted by Crippen LogP contribution is -2.04. The standard InChI is InChI=1S/C17H10F3N3/c18-17(19,20)12-4-6-13(7-5-12)23-15-8-3-11(10-21)14-2-1-9-22-16(14)15/h1-9,23H. The van der Waals surface area contributed by atoms with E-state index in [0.29, 0.717) is 27.8 Å². The molecule has 2 aromatic carbocycles. The van der Waals surface area contributed by atoms with Crippen LogP contribution in [-0.2, 0) is 6.18 Å². The maximum atomic E-state index is 12.6. The minimum absolute atomic E-state index is 0.492. The van der Waals surface area contributed by atoms with Gasteiger partial charge in [-0.2, -0.15) is 18.4 Å². The molecule has 0 radical (unpaired) electrons. The van der Waals surface area contributed by atoms with Gasteiger partial charge in [0.2, 0.25) is 0 Å². The Morgan fingerprint density at radius 3 is 2.39 bits per heavy atom. The number of nitrogens with one attached hydrogen (secondary N) is 1. The summed E-state index contributed by atoms with van der Waals surface area (Å²) in [6.07, 6.45) is -2.76. The fraction of sp³-hybridized carbons (Fsp3) is 0.0588. The highest BCUT2D eigenvalue weighted by atomic mass is 19.4. The van der Waals surface area contributed by atoms with Gasteiger partial charge in [-0.25, -0.2) is 0 Å². The molecule has 0 spiro atoms. The predicted octanol–water partition coefficient (Wildman–Crippen LogP) is 4.87. The number of aromatic nitrogens is 1. The second kappa shape index (κ2) is 5.61. The van der Waals surface area contributed by atoms with Crippen LogP contribution in [0.5, 0.6) is 0 Å². The van der Waals surface area contributed by atoms with Crippen molar-refractivity contribution in [2.75, 3.05) is 5.32 Å². The Labute approximate surface area is 130 Å². The lowest BCUT2D eigenvalue weighted by Gasteiger charge is -2.11. The van der Waals surface area contributed by atoms with Crippen molar-refractivity contribution in [1.82, 2.24) is 4.98 Å². The number of pyridine rings is 1. The first kappa shape index (κ1) is 14.9. The van der Waals surface area contributed by atoms with E-state index in [1.807, 2.05) is 0 Å². The highest BCUT2D eigenvalue weighted by Gasteiger charge is 2.29. The molecule has 0 aliphatic carbocycles. The number of halogens is 3. The maximum Gasteiger partial charge on any atom is 0.416 e.